The first-order valence-corrected chi connectivity index (χ1v) is 10.8. The number of esters is 1. The molecular weight excluding hydrogens is 366 g/mol. The Bertz CT molecular complexity index is 882. The number of carbonyl (C=O) groups excluding carboxylic acids is 2. The molecule has 1 aromatic rings. The molecule has 2 atom stereocenters. The maximum Gasteiger partial charge on any atom is 0.336 e. The number of furan rings is 1. The number of allylic oxidation sites excluding steroid dienone is 3. The van der Waals surface area contributed by atoms with Crippen molar-refractivity contribution < 1.29 is 18.7 Å². The first kappa shape index (κ1) is 20.0. The van der Waals surface area contributed by atoms with Crippen LogP contribution in [-0.2, 0) is 14.3 Å². The van der Waals surface area contributed by atoms with Gasteiger partial charge in [-0.3, -0.25) is 4.79 Å². The van der Waals surface area contributed by atoms with Crippen LogP contribution in [0.25, 0.3) is 0 Å². The summed E-state index contributed by atoms with van der Waals surface area (Å²) in [5.74, 6) is 0.349. The van der Waals surface area contributed by atoms with Crippen molar-refractivity contribution in [3.05, 3.63) is 46.7 Å². The summed E-state index contributed by atoms with van der Waals surface area (Å²) in [5, 5.41) is 3.36. The molecule has 1 saturated carbocycles. The van der Waals surface area contributed by atoms with E-state index in [-0.39, 0.29) is 23.3 Å². The Hall–Kier alpha value is -2.30. The molecule has 2 unspecified atom stereocenters. The van der Waals surface area contributed by atoms with Gasteiger partial charge in [0.1, 0.15) is 23.4 Å². The lowest BCUT2D eigenvalue weighted by Crippen LogP contribution is -2.43. The molecule has 0 radical (unpaired) electrons. The topological polar surface area (TPSA) is 68.5 Å². The minimum atomic E-state index is -0.448. The van der Waals surface area contributed by atoms with E-state index in [4.69, 9.17) is 9.15 Å². The Morgan fingerprint density at radius 2 is 1.86 bits per heavy atom. The van der Waals surface area contributed by atoms with Crippen LogP contribution in [0.1, 0.15) is 76.7 Å². The zero-order chi connectivity index (χ0) is 20.8. The molecule has 0 saturated heterocycles. The molecule has 0 aromatic carbocycles. The van der Waals surface area contributed by atoms with Gasteiger partial charge in [0.15, 0.2) is 0 Å². The lowest BCUT2D eigenvalue weighted by Gasteiger charge is -2.40. The number of nitrogens with one attached hydrogen (secondary N) is 1. The third-order valence-corrected chi connectivity index (χ3v) is 6.35. The van der Waals surface area contributed by atoms with Crippen molar-refractivity contribution in [3.8, 4) is 0 Å². The van der Waals surface area contributed by atoms with E-state index in [0.29, 0.717) is 17.8 Å². The number of aryl methyl sites for hydroxylation is 1. The molecule has 2 heterocycles. The molecule has 5 nitrogen and oxygen atoms in total. The highest BCUT2D eigenvalue weighted by Gasteiger charge is 2.47. The van der Waals surface area contributed by atoms with E-state index < -0.39 is 11.8 Å². The number of ketones is 1. The normalized spacial score (nSPS) is 27.2. The van der Waals surface area contributed by atoms with Gasteiger partial charge in [-0.05, 0) is 57.1 Å². The van der Waals surface area contributed by atoms with E-state index in [1.165, 1.54) is 6.42 Å². The van der Waals surface area contributed by atoms with Crippen LogP contribution in [0.5, 0.6) is 0 Å². The molecule has 0 spiro atoms. The van der Waals surface area contributed by atoms with Crippen LogP contribution < -0.4 is 5.32 Å². The third-order valence-electron chi connectivity index (χ3n) is 6.35. The monoisotopic (exact) mass is 397 g/mol. The van der Waals surface area contributed by atoms with Gasteiger partial charge in [-0.2, -0.15) is 0 Å². The van der Waals surface area contributed by atoms with Gasteiger partial charge in [0, 0.05) is 17.8 Å². The zero-order valence-corrected chi connectivity index (χ0v) is 17.8. The maximum absolute atomic E-state index is 13.3. The van der Waals surface area contributed by atoms with Crippen molar-refractivity contribution in [1.82, 2.24) is 5.32 Å². The summed E-state index contributed by atoms with van der Waals surface area (Å²) in [6.45, 7) is 7.90. The Morgan fingerprint density at radius 1 is 1.14 bits per heavy atom. The molecular formula is C24H31NO4. The average molecular weight is 398 g/mol. The molecule has 1 aromatic heterocycles. The Balaban J connectivity index is 1.75. The predicted molar refractivity (Wildman–Crippen MR) is 110 cm³/mol. The highest BCUT2D eigenvalue weighted by atomic mass is 16.5. The van der Waals surface area contributed by atoms with Gasteiger partial charge in [0.2, 0.25) is 0 Å². The second-order valence-corrected chi connectivity index (χ2v) is 9.46. The van der Waals surface area contributed by atoms with Gasteiger partial charge in [-0.25, -0.2) is 4.79 Å². The Labute approximate surface area is 172 Å². The van der Waals surface area contributed by atoms with Gasteiger partial charge in [0.05, 0.1) is 17.4 Å². The summed E-state index contributed by atoms with van der Waals surface area (Å²) >= 11 is 0. The summed E-state index contributed by atoms with van der Waals surface area (Å²) in [5.41, 5.74) is 1.94. The average Bonchev–Trinajstić information content (AvgIpc) is 3.06. The van der Waals surface area contributed by atoms with Gasteiger partial charge in [0.25, 0.3) is 0 Å². The van der Waals surface area contributed by atoms with Crippen LogP contribution in [-0.4, -0.2) is 17.9 Å². The molecule has 0 bridgehead atoms. The van der Waals surface area contributed by atoms with Crippen LogP contribution in [0.4, 0.5) is 0 Å². The minimum Gasteiger partial charge on any atom is -0.466 e. The summed E-state index contributed by atoms with van der Waals surface area (Å²) in [6, 6.07) is 3.77. The smallest absolute Gasteiger partial charge is 0.336 e. The van der Waals surface area contributed by atoms with Gasteiger partial charge < -0.3 is 14.5 Å². The number of carbonyl (C=O) groups is 2. The van der Waals surface area contributed by atoms with Gasteiger partial charge in [-0.1, -0.05) is 26.3 Å². The first-order chi connectivity index (χ1) is 13.7. The predicted octanol–water partition coefficient (Wildman–Crippen LogP) is 4.92. The Morgan fingerprint density at radius 3 is 2.52 bits per heavy atom. The number of Topliss-reactive ketones (excluding diaryl/α,β-unsaturated/α-hetero) is 1. The van der Waals surface area contributed by atoms with Crippen LogP contribution in [0.3, 0.4) is 0 Å². The molecule has 5 heteroatoms. The SMILES string of the molecule is CC1=C(C(=O)OC2CCCCC2)C(c2ccc(C)o2)C2C(=O)CC(C)(C)C=C2N1. The van der Waals surface area contributed by atoms with Crippen molar-refractivity contribution >= 4 is 11.8 Å². The number of rotatable bonds is 3. The third kappa shape index (κ3) is 3.92. The standard InChI is InChI=1S/C24H31NO4/c1-14-10-11-19(28-14)22-20(23(27)29-16-8-6-5-7-9-16)15(2)25-17-12-24(3,4)13-18(26)21(17)22/h10-12,16,21-22,25H,5-9,13H2,1-4H3. The second-order valence-electron chi connectivity index (χ2n) is 9.46. The molecule has 29 heavy (non-hydrogen) atoms. The maximum atomic E-state index is 13.3. The molecule has 156 valence electrons. The second kappa shape index (κ2) is 7.51. The summed E-state index contributed by atoms with van der Waals surface area (Å²) in [7, 11) is 0. The van der Waals surface area contributed by atoms with Crippen molar-refractivity contribution in [1.29, 1.82) is 0 Å². The van der Waals surface area contributed by atoms with E-state index in [1.54, 1.807) is 0 Å². The molecule has 3 aliphatic rings. The fourth-order valence-electron chi connectivity index (χ4n) is 5.06. The van der Waals surface area contributed by atoms with Crippen molar-refractivity contribution in [2.75, 3.05) is 0 Å². The molecule has 1 N–H and O–H groups in total. The van der Waals surface area contributed by atoms with Crippen LogP contribution >= 0.6 is 0 Å². The summed E-state index contributed by atoms with van der Waals surface area (Å²) < 4.78 is 11.8. The van der Waals surface area contributed by atoms with E-state index in [2.05, 4.69) is 25.2 Å². The first-order valence-electron chi connectivity index (χ1n) is 10.8. The molecule has 1 fully saturated rings. The lowest BCUT2D eigenvalue weighted by molar-refractivity contribution is -0.146. The lowest BCUT2D eigenvalue weighted by atomic mass is 9.67. The number of fused-ring (bicyclic) bond motifs is 1. The summed E-state index contributed by atoms with van der Waals surface area (Å²) in [6.07, 6.45) is 7.77. The molecule has 2 aliphatic carbocycles. The fraction of sp³-hybridized carbons (Fsp3) is 0.583. The Kier molecular flexibility index (Phi) is 5.18. The summed E-state index contributed by atoms with van der Waals surface area (Å²) in [4.78, 5) is 26.5. The zero-order valence-electron chi connectivity index (χ0n) is 17.8. The molecule has 1 aliphatic heterocycles. The quantitative estimate of drug-likeness (QED) is 0.733. The van der Waals surface area contributed by atoms with Crippen LogP contribution in [0.2, 0.25) is 0 Å². The van der Waals surface area contributed by atoms with Crippen LogP contribution in [0.15, 0.2) is 39.6 Å². The van der Waals surface area contributed by atoms with Crippen molar-refractivity contribution in [2.24, 2.45) is 11.3 Å². The van der Waals surface area contributed by atoms with Crippen molar-refractivity contribution in [2.45, 2.75) is 78.2 Å². The van der Waals surface area contributed by atoms with E-state index in [9.17, 15) is 9.59 Å². The number of ether oxygens (including phenoxy) is 1. The highest BCUT2D eigenvalue weighted by Crippen LogP contribution is 2.47. The van der Waals surface area contributed by atoms with Crippen LogP contribution in [0, 0.1) is 18.3 Å². The van der Waals surface area contributed by atoms with E-state index in [1.807, 2.05) is 26.0 Å². The van der Waals surface area contributed by atoms with Gasteiger partial charge >= 0.3 is 5.97 Å². The van der Waals surface area contributed by atoms with Gasteiger partial charge in [-0.15, -0.1) is 0 Å². The largest absolute Gasteiger partial charge is 0.466 e. The van der Waals surface area contributed by atoms with E-state index in [0.717, 1.165) is 42.8 Å². The van der Waals surface area contributed by atoms with Crippen molar-refractivity contribution in [3.63, 3.8) is 0 Å². The highest BCUT2D eigenvalue weighted by molar-refractivity contribution is 5.96. The number of hydrogen-bond acceptors (Lipinski definition) is 5. The van der Waals surface area contributed by atoms with E-state index >= 15 is 0 Å². The minimum absolute atomic E-state index is 0.0338. The number of hydrogen-bond donors (Lipinski definition) is 1. The molecule has 4 rings (SSSR count). The molecule has 0 amide bonds. The fourth-order valence-corrected chi connectivity index (χ4v) is 5.06.